The Morgan fingerprint density at radius 1 is 0.950 bits per heavy atom. The lowest BCUT2D eigenvalue weighted by Crippen LogP contribution is -2.23. The Hall–Kier alpha value is -3.35. The molecule has 212 valence electrons. The summed E-state index contributed by atoms with van der Waals surface area (Å²) < 4.78 is 84.7. The van der Waals surface area contributed by atoms with E-state index in [-0.39, 0.29) is 17.9 Å². The van der Waals surface area contributed by atoms with Crippen molar-refractivity contribution in [1.82, 2.24) is 14.8 Å². The molecule has 12 heteroatoms. The smallest absolute Gasteiger partial charge is 0.360 e. The minimum absolute atomic E-state index is 0.0933. The summed E-state index contributed by atoms with van der Waals surface area (Å²) in [7, 11) is -6.78. The van der Waals surface area contributed by atoms with Crippen molar-refractivity contribution in [2.24, 2.45) is 0 Å². The Balaban J connectivity index is 1.72. The van der Waals surface area contributed by atoms with Gasteiger partial charge in [0.25, 0.3) is 9.84 Å². The molecule has 4 rings (SSSR count). The number of hydrogen-bond donors (Lipinski definition) is 0. The molecule has 0 radical (unpaired) electrons. The van der Waals surface area contributed by atoms with Crippen molar-refractivity contribution in [3.05, 3.63) is 78.4 Å². The van der Waals surface area contributed by atoms with Crippen LogP contribution in [-0.4, -0.2) is 43.4 Å². The van der Waals surface area contributed by atoms with Crippen molar-refractivity contribution in [1.29, 1.82) is 0 Å². The fourth-order valence-electron chi connectivity index (χ4n) is 3.96. The van der Waals surface area contributed by atoms with Gasteiger partial charge in [0, 0.05) is 37.7 Å². The van der Waals surface area contributed by atoms with E-state index in [2.05, 4.69) is 24.6 Å². The molecule has 4 aromatic rings. The first-order valence-electron chi connectivity index (χ1n) is 12.5. The number of rotatable bonds is 9. The van der Waals surface area contributed by atoms with Gasteiger partial charge in [-0.15, -0.1) is 0 Å². The molecule has 0 aliphatic rings. The molecule has 2 heterocycles. The Morgan fingerprint density at radius 3 is 2.25 bits per heavy atom. The summed E-state index contributed by atoms with van der Waals surface area (Å²) in [6, 6.07) is 14.9. The van der Waals surface area contributed by atoms with Gasteiger partial charge >= 0.3 is 5.51 Å². The van der Waals surface area contributed by atoms with Crippen molar-refractivity contribution < 1.29 is 30.7 Å². The molecule has 0 bridgehead atoms. The molecular weight excluding hydrogens is 562 g/mol. The van der Waals surface area contributed by atoms with Crippen molar-refractivity contribution in [2.45, 2.75) is 49.7 Å². The molecule has 0 atom stereocenters. The fourth-order valence-corrected chi connectivity index (χ4v) is 5.48. The van der Waals surface area contributed by atoms with Gasteiger partial charge in [0.1, 0.15) is 18.2 Å². The summed E-state index contributed by atoms with van der Waals surface area (Å²) in [6.07, 6.45) is 1.78. The molecule has 0 fully saturated rings. The van der Waals surface area contributed by atoms with Crippen LogP contribution in [0.2, 0.25) is 25.7 Å². The third-order valence-corrected chi connectivity index (χ3v) is 9.38. The molecule has 2 aromatic heterocycles. The summed E-state index contributed by atoms with van der Waals surface area (Å²) in [5.74, 6) is -0.618. The van der Waals surface area contributed by atoms with Crippen LogP contribution >= 0.6 is 0 Å². The maximum Gasteiger partial charge on any atom is 0.501 e. The quantitative estimate of drug-likeness (QED) is 0.116. The van der Waals surface area contributed by atoms with Gasteiger partial charge in [-0.05, 0) is 60.5 Å². The number of benzene rings is 2. The molecule has 0 amide bonds. The Labute approximate surface area is 231 Å². The second-order valence-corrected chi connectivity index (χ2v) is 18.2. The number of halogens is 4. The molecule has 0 N–H and O–H groups in total. The van der Waals surface area contributed by atoms with Crippen LogP contribution in [0.25, 0.3) is 33.6 Å². The Bertz CT molecular complexity index is 1610. The predicted octanol–water partition coefficient (Wildman–Crippen LogP) is 7.33. The molecule has 0 saturated carbocycles. The zero-order chi connectivity index (χ0) is 29.3. The zero-order valence-electron chi connectivity index (χ0n) is 22.5. The van der Waals surface area contributed by atoms with Crippen LogP contribution < -0.4 is 0 Å². The van der Waals surface area contributed by atoms with E-state index < -0.39 is 34.1 Å². The summed E-state index contributed by atoms with van der Waals surface area (Å²) >= 11 is 0. The maximum atomic E-state index is 14.9. The number of aromatic nitrogens is 3. The van der Waals surface area contributed by atoms with Gasteiger partial charge < -0.3 is 4.74 Å². The van der Waals surface area contributed by atoms with Crippen LogP contribution in [0.1, 0.15) is 5.69 Å². The lowest BCUT2D eigenvalue weighted by atomic mass is 9.98. The van der Waals surface area contributed by atoms with E-state index in [0.29, 0.717) is 29.1 Å². The first-order chi connectivity index (χ1) is 18.7. The van der Waals surface area contributed by atoms with Crippen molar-refractivity contribution >= 4 is 17.9 Å². The van der Waals surface area contributed by atoms with Crippen LogP contribution in [0.4, 0.5) is 17.6 Å². The monoisotopic (exact) mass is 591 g/mol. The van der Waals surface area contributed by atoms with Crippen LogP contribution in [-0.2, 0) is 21.3 Å². The van der Waals surface area contributed by atoms with E-state index >= 15 is 0 Å². The highest BCUT2D eigenvalue weighted by Crippen LogP contribution is 2.36. The summed E-state index contributed by atoms with van der Waals surface area (Å²) in [5, 5.41) is 4.69. The number of pyridine rings is 1. The Kier molecular flexibility index (Phi) is 8.34. The number of aryl methyl sites for hydroxylation is 1. The van der Waals surface area contributed by atoms with Crippen LogP contribution in [0.15, 0.2) is 71.8 Å². The molecule has 6 nitrogen and oxygen atoms in total. The van der Waals surface area contributed by atoms with E-state index in [4.69, 9.17) is 9.84 Å². The van der Waals surface area contributed by atoms with Crippen LogP contribution in [0.3, 0.4) is 0 Å². The molecule has 40 heavy (non-hydrogen) atoms. The topological polar surface area (TPSA) is 74.1 Å². The molecule has 0 aliphatic carbocycles. The molecular formula is C28H29F4N3O3SSi. The predicted molar refractivity (Wildman–Crippen MR) is 148 cm³/mol. The number of sulfone groups is 1. The van der Waals surface area contributed by atoms with Gasteiger partial charge in [-0.2, -0.15) is 18.3 Å². The summed E-state index contributed by atoms with van der Waals surface area (Å²) in [5.41, 5.74) is -1.91. The van der Waals surface area contributed by atoms with E-state index in [1.165, 1.54) is 6.07 Å². The molecule has 0 spiro atoms. The lowest BCUT2D eigenvalue weighted by Gasteiger charge is -2.15. The van der Waals surface area contributed by atoms with E-state index in [9.17, 15) is 26.0 Å². The SMILES string of the molecule is Cc1cccc(-c2nn(COCC[Si](C)(C)C)cc2-c2ccc(F)c(-c3ccc(S(=O)(=O)C(F)(F)F)cc3)c2)n1. The number of alkyl halides is 3. The summed E-state index contributed by atoms with van der Waals surface area (Å²) in [4.78, 5) is 3.67. The van der Waals surface area contributed by atoms with E-state index in [1.807, 2.05) is 25.1 Å². The van der Waals surface area contributed by atoms with Crippen molar-refractivity contribution in [3.8, 4) is 33.6 Å². The lowest BCUT2D eigenvalue weighted by molar-refractivity contribution is -0.0436. The summed E-state index contributed by atoms with van der Waals surface area (Å²) in [6.45, 7) is 9.46. The minimum atomic E-state index is -5.51. The first-order valence-corrected chi connectivity index (χ1v) is 17.7. The average molecular weight is 592 g/mol. The first kappa shape index (κ1) is 29.6. The van der Waals surface area contributed by atoms with Gasteiger partial charge in [0.2, 0.25) is 0 Å². The normalized spacial score (nSPS) is 12.6. The zero-order valence-corrected chi connectivity index (χ0v) is 24.3. The van der Waals surface area contributed by atoms with Crippen LogP contribution in [0.5, 0.6) is 0 Å². The van der Waals surface area contributed by atoms with E-state index in [0.717, 1.165) is 36.0 Å². The maximum absolute atomic E-state index is 14.9. The highest BCUT2D eigenvalue weighted by molar-refractivity contribution is 7.92. The Morgan fingerprint density at radius 2 is 1.62 bits per heavy atom. The number of ether oxygens (including phenoxy) is 1. The van der Waals surface area contributed by atoms with Gasteiger partial charge in [-0.1, -0.05) is 43.9 Å². The third kappa shape index (κ3) is 6.68. The van der Waals surface area contributed by atoms with Crippen molar-refractivity contribution in [3.63, 3.8) is 0 Å². The molecule has 0 unspecified atom stereocenters. The van der Waals surface area contributed by atoms with Crippen LogP contribution in [0, 0.1) is 12.7 Å². The third-order valence-electron chi connectivity index (χ3n) is 6.17. The van der Waals surface area contributed by atoms with Gasteiger partial charge in [-0.25, -0.2) is 17.5 Å². The second kappa shape index (κ2) is 11.3. The van der Waals surface area contributed by atoms with E-state index in [1.54, 1.807) is 23.0 Å². The number of hydrogen-bond acceptors (Lipinski definition) is 5. The minimum Gasteiger partial charge on any atom is -0.360 e. The standard InChI is InChI=1S/C28H29F4N3O3SSi/c1-19-6-5-7-26(33-19)27-24(17-35(34-27)18-38-14-15-40(2,3)4)21-10-13-25(29)23(16-21)20-8-11-22(12-9-20)39(36,37)28(30,31)32/h5-13,16-17H,14-15,18H2,1-4H3. The largest absolute Gasteiger partial charge is 0.501 e. The average Bonchev–Trinajstić information content (AvgIpc) is 3.30. The van der Waals surface area contributed by atoms with Gasteiger partial charge in [-0.3, -0.25) is 4.98 Å². The second-order valence-electron chi connectivity index (χ2n) is 10.6. The highest BCUT2D eigenvalue weighted by Gasteiger charge is 2.46. The highest BCUT2D eigenvalue weighted by atomic mass is 32.2. The molecule has 2 aromatic carbocycles. The van der Waals surface area contributed by atoms with Gasteiger partial charge in [0.15, 0.2) is 0 Å². The van der Waals surface area contributed by atoms with Gasteiger partial charge in [0.05, 0.1) is 10.6 Å². The van der Waals surface area contributed by atoms with Crippen molar-refractivity contribution in [2.75, 3.05) is 6.61 Å². The molecule has 0 saturated heterocycles. The number of nitrogens with zero attached hydrogens (tertiary/aromatic N) is 3. The molecule has 0 aliphatic heterocycles. The fraction of sp³-hybridized carbons (Fsp3) is 0.286.